The number of ketones is 1. The fraction of sp³-hybridized carbons (Fsp3) is 0.151. The first-order valence-corrected chi connectivity index (χ1v) is 20.4. The van der Waals surface area contributed by atoms with Crippen LogP contribution < -0.4 is 14.2 Å². The summed E-state index contributed by atoms with van der Waals surface area (Å²) in [6, 6.07) is 52.3. The summed E-state index contributed by atoms with van der Waals surface area (Å²) in [5.74, 6) is -1.55. The number of benzene rings is 7. The Balaban J connectivity index is 1.26. The fourth-order valence-electron chi connectivity index (χ4n) is 6.69. The van der Waals surface area contributed by atoms with Crippen LogP contribution in [0.4, 0.5) is 0 Å². The van der Waals surface area contributed by atoms with Gasteiger partial charge in [-0.25, -0.2) is 9.59 Å². The zero-order valence-electron chi connectivity index (χ0n) is 34.1. The highest BCUT2D eigenvalue weighted by Gasteiger charge is 2.31. The lowest BCUT2D eigenvalue weighted by molar-refractivity contribution is 0.0467. The van der Waals surface area contributed by atoms with E-state index in [1.54, 1.807) is 24.3 Å². The Kier molecular flexibility index (Phi) is 14.8. The topological polar surface area (TPSA) is 118 Å². The number of phenols is 1. The zero-order valence-corrected chi connectivity index (χ0v) is 34.1. The molecular formula is C53H46O9. The number of esters is 2. The van der Waals surface area contributed by atoms with Crippen molar-refractivity contribution in [3.8, 4) is 23.0 Å². The molecule has 0 unspecified atom stereocenters. The molecule has 7 aromatic carbocycles. The van der Waals surface area contributed by atoms with Crippen LogP contribution in [0.15, 0.2) is 176 Å². The number of carbonyl (C=O) groups is 3. The van der Waals surface area contributed by atoms with Crippen molar-refractivity contribution in [2.45, 2.75) is 45.7 Å². The van der Waals surface area contributed by atoms with Crippen LogP contribution >= 0.6 is 0 Å². The minimum absolute atomic E-state index is 0.0182. The lowest BCUT2D eigenvalue weighted by Crippen LogP contribution is -2.17. The van der Waals surface area contributed by atoms with Gasteiger partial charge in [0.25, 0.3) is 0 Å². The Morgan fingerprint density at radius 3 is 1.42 bits per heavy atom. The molecule has 0 fully saturated rings. The number of ether oxygens (including phenoxy) is 5. The van der Waals surface area contributed by atoms with E-state index in [-0.39, 0.29) is 78.3 Å². The van der Waals surface area contributed by atoms with E-state index in [4.69, 9.17) is 23.7 Å². The number of phenolic OH excluding ortho intramolecular Hbond substituents is 1. The molecule has 0 atom stereocenters. The maximum absolute atomic E-state index is 15.4. The van der Waals surface area contributed by atoms with Gasteiger partial charge >= 0.3 is 11.9 Å². The average Bonchev–Trinajstić information content (AvgIpc) is 3.32. The van der Waals surface area contributed by atoms with Crippen LogP contribution in [-0.4, -0.2) is 29.4 Å². The Labute approximate surface area is 361 Å². The molecule has 0 aliphatic heterocycles. The summed E-state index contributed by atoms with van der Waals surface area (Å²) in [7, 11) is 0. The molecule has 0 spiro atoms. The van der Waals surface area contributed by atoms with E-state index >= 15 is 4.79 Å². The summed E-state index contributed by atoms with van der Waals surface area (Å²) < 4.78 is 30.7. The van der Waals surface area contributed by atoms with Gasteiger partial charge in [-0.3, -0.25) is 4.79 Å². The van der Waals surface area contributed by atoms with Crippen LogP contribution in [0.1, 0.15) is 77.3 Å². The molecule has 0 aromatic heterocycles. The first kappa shape index (κ1) is 42.5. The van der Waals surface area contributed by atoms with E-state index in [9.17, 15) is 14.7 Å². The molecule has 0 saturated heterocycles. The van der Waals surface area contributed by atoms with Gasteiger partial charge in [0.1, 0.15) is 55.0 Å². The highest BCUT2D eigenvalue weighted by molar-refractivity contribution is 6.19. The van der Waals surface area contributed by atoms with Crippen molar-refractivity contribution in [3.63, 3.8) is 0 Å². The van der Waals surface area contributed by atoms with E-state index in [0.29, 0.717) is 6.42 Å². The maximum atomic E-state index is 15.4. The first-order valence-electron chi connectivity index (χ1n) is 20.4. The number of rotatable bonds is 20. The van der Waals surface area contributed by atoms with Crippen molar-refractivity contribution < 1.29 is 43.2 Å². The van der Waals surface area contributed by atoms with Gasteiger partial charge in [-0.2, -0.15) is 0 Å². The average molecular weight is 827 g/mol. The SMILES string of the molecule is O=C(OCCCCc1ccc(O)cc1)c1cc(OCc2ccccc2)c(C(=O)c2c(OCc3ccccc3)cccc2C(=O)OCc2ccccc2)c(OCc2ccccc2)c1. The molecule has 0 amide bonds. The second-order valence-corrected chi connectivity index (χ2v) is 14.5. The number of carbonyl (C=O) groups excluding carboxylic acids is 3. The van der Waals surface area contributed by atoms with Crippen molar-refractivity contribution in [1.82, 2.24) is 0 Å². The molecule has 0 heterocycles. The summed E-state index contributed by atoms with van der Waals surface area (Å²) in [5, 5.41) is 9.61. The van der Waals surface area contributed by atoms with Crippen molar-refractivity contribution >= 4 is 17.7 Å². The van der Waals surface area contributed by atoms with Crippen molar-refractivity contribution in [2.75, 3.05) is 6.61 Å². The largest absolute Gasteiger partial charge is 0.508 e. The summed E-state index contributed by atoms with van der Waals surface area (Å²) in [4.78, 5) is 43.2. The minimum atomic E-state index is -0.730. The Morgan fingerprint density at radius 2 is 0.903 bits per heavy atom. The van der Waals surface area contributed by atoms with E-state index in [0.717, 1.165) is 40.7 Å². The normalized spacial score (nSPS) is 10.7. The number of aromatic hydroxyl groups is 1. The second-order valence-electron chi connectivity index (χ2n) is 14.5. The highest BCUT2D eigenvalue weighted by Crippen LogP contribution is 2.38. The molecule has 0 aliphatic carbocycles. The number of aryl methyl sites for hydroxylation is 1. The predicted octanol–water partition coefficient (Wildman–Crippen LogP) is 10.9. The number of hydrogen-bond acceptors (Lipinski definition) is 9. The first-order chi connectivity index (χ1) is 30.4. The highest BCUT2D eigenvalue weighted by atomic mass is 16.5. The summed E-state index contributed by atoms with van der Waals surface area (Å²) in [6.45, 7) is 0.337. The van der Waals surface area contributed by atoms with Gasteiger partial charge in [0.15, 0.2) is 0 Å². The van der Waals surface area contributed by atoms with Crippen LogP contribution in [0, 0.1) is 0 Å². The fourth-order valence-corrected chi connectivity index (χ4v) is 6.69. The number of unbranched alkanes of at least 4 members (excludes halogenated alkanes) is 1. The van der Waals surface area contributed by atoms with Gasteiger partial charge < -0.3 is 28.8 Å². The van der Waals surface area contributed by atoms with Crippen molar-refractivity contribution in [3.05, 3.63) is 226 Å². The number of hydrogen-bond donors (Lipinski definition) is 1. The van der Waals surface area contributed by atoms with Crippen LogP contribution in [0.2, 0.25) is 0 Å². The third-order valence-corrected chi connectivity index (χ3v) is 9.96. The predicted molar refractivity (Wildman–Crippen MR) is 236 cm³/mol. The minimum Gasteiger partial charge on any atom is -0.508 e. The lowest BCUT2D eigenvalue weighted by Gasteiger charge is -2.20. The zero-order chi connectivity index (χ0) is 42.9. The van der Waals surface area contributed by atoms with E-state index in [2.05, 4.69) is 0 Å². The van der Waals surface area contributed by atoms with Gasteiger partial charge in [0.2, 0.25) is 5.78 Å². The molecule has 9 nitrogen and oxygen atoms in total. The van der Waals surface area contributed by atoms with Gasteiger partial charge in [0.05, 0.1) is 23.3 Å². The summed E-state index contributed by atoms with van der Waals surface area (Å²) in [5.41, 5.74) is 4.34. The molecule has 312 valence electrons. The van der Waals surface area contributed by atoms with Crippen LogP contribution in [0.5, 0.6) is 23.0 Å². The molecule has 62 heavy (non-hydrogen) atoms. The molecule has 0 saturated carbocycles. The van der Waals surface area contributed by atoms with Gasteiger partial charge in [-0.15, -0.1) is 0 Å². The monoisotopic (exact) mass is 826 g/mol. The van der Waals surface area contributed by atoms with Crippen molar-refractivity contribution in [2.24, 2.45) is 0 Å². The van der Waals surface area contributed by atoms with Gasteiger partial charge in [0, 0.05) is 0 Å². The van der Waals surface area contributed by atoms with Gasteiger partial charge in [-0.1, -0.05) is 140 Å². The second kappa shape index (κ2) is 21.6. The van der Waals surface area contributed by atoms with Crippen LogP contribution in [0.3, 0.4) is 0 Å². The lowest BCUT2D eigenvalue weighted by atomic mass is 9.94. The standard InChI is InChI=1S/C53H46O9/c54-44-29-27-38(28-30-44)16-13-14-31-58-52(56)43-32-47(60-35-40-19-7-2-8-20-40)50(48(33-43)61-36-41-21-9-3-10-22-41)51(55)49-45(53(57)62-37-42-23-11-4-12-24-42)25-15-26-46(49)59-34-39-17-5-1-6-18-39/h1-12,15,17-30,32-33,54H,13-14,16,31,34-37H2. The molecular weight excluding hydrogens is 781 g/mol. The van der Waals surface area contributed by atoms with Crippen LogP contribution in [-0.2, 0) is 42.3 Å². The molecule has 7 rings (SSSR count). The third kappa shape index (κ3) is 11.8. The molecule has 7 aromatic rings. The summed E-state index contributed by atoms with van der Waals surface area (Å²) >= 11 is 0. The van der Waals surface area contributed by atoms with E-state index in [1.807, 2.05) is 133 Å². The third-order valence-electron chi connectivity index (χ3n) is 9.96. The smallest absolute Gasteiger partial charge is 0.339 e. The van der Waals surface area contributed by atoms with Gasteiger partial charge in [-0.05, 0) is 83.5 Å². The van der Waals surface area contributed by atoms with Crippen LogP contribution in [0.25, 0.3) is 0 Å². The van der Waals surface area contributed by atoms with E-state index in [1.165, 1.54) is 18.2 Å². The van der Waals surface area contributed by atoms with Crippen molar-refractivity contribution in [1.29, 1.82) is 0 Å². The quantitative estimate of drug-likeness (QED) is 0.0455. The Bertz CT molecular complexity index is 2480. The maximum Gasteiger partial charge on any atom is 0.339 e. The molecule has 0 bridgehead atoms. The molecule has 0 radical (unpaired) electrons. The Hall–Kier alpha value is -7.65. The summed E-state index contributed by atoms with van der Waals surface area (Å²) in [6.07, 6.45) is 2.10. The Morgan fingerprint density at radius 1 is 0.419 bits per heavy atom. The molecule has 1 N–H and O–H groups in total. The van der Waals surface area contributed by atoms with E-state index < -0.39 is 17.7 Å². The molecule has 0 aliphatic rings. The molecule has 9 heteroatoms.